The molecule has 0 saturated carbocycles. The predicted octanol–water partition coefficient (Wildman–Crippen LogP) is 3.21. The molecule has 35 heavy (non-hydrogen) atoms. The zero-order chi connectivity index (χ0) is 24.9. The largest absolute Gasteiger partial charge is 0.497 e. The van der Waals surface area contributed by atoms with Gasteiger partial charge in [0.1, 0.15) is 23.0 Å². The predicted molar refractivity (Wildman–Crippen MR) is 135 cm³/mol. The van der Waals surface area contributed by atoms with Crippen LogP contribution in [-0.4, -0.2) is 68.9 Å². The number of ether oxygens (including phenoxy) is 2. The van der Waals surface area contributed by atoms with Gasteiger partial charge in [-0.2, -0.15) is 10.2 Å². The Balaban J connectivity index is 1.46. The van der Waals surface area contributed by atoms with Crippen LogP contribution in [0.4, 0.5) is 5.82 Å². The smallest absolute Gasteiger partial charge is 0.269 e. The summed E-state index contributed by atoms with van der Waals surface area (Å²) in [5.74, 6) is 1.78. The van der Waals surface area contributed by atoms with Crippen molar-refractivity contribution >= 4 is 34.5 Å². The molecule has 0 bridgehead atoms. The average Bonchev–Trinajstić information content (AvgIpc) is 3.51. The van der Waals surface area contributed by atoms with Gasteiger partial charge in [-0.05, 0) is 44.4 Å². The molecule has 184 valence electrons. The lowest BCUT2D eigenvalue weighted by Crippen LogP contribution is -2.27. The summed E-state index contributed by atoms with van der Waals surface area (Å²) in [6.07, 6.45) is 3.68. The summed E-state index contributed by atoms with van der Waals surface area (Å²) in [5, 5.41) is 19.3. The monoisotopic (exact) mass is 496 g/mol. The zero-order valence-corrected chi connectivity index (χ0v) is 21.1. The number of fused-ring (bicyclic) bond motifs is 1. The number of anilines is 1. The van der Waals surface area contributed by atoms with E-state index in [4.69, 9.17) is 9.47 Å². The molecule has 3 aromatic heterocycles. The third-order valence-corrected chi connectivity index (χ3v) is 5.75. The van der Waals surface area contributed by atoms with Gasteiger partial charge in [-0.3, -0.25) is 9.89 Å². The van der Waals surface area contributed by atoms with Crippen LogP contribution in [0.3, 0.4) is 0 Å². The van der Waals surface area contributed by atoms with E-state index in [0.717, 1.165) is 22.4 Å². The van der Waals surface area contributed by atoms with E-state index < -0.39 is 0 Å². The topological polar surface area (TPSA) is 132 Å². The molecule has 0 aliphatic rings. The molecular formula is C23H28N8O3S. The quantitative estimate of drug-likeness (QED) is 0.224. The first-order valence-corrected chi connectivity index (χ1v) is 12.3. The Hall–Kier alpha value is -3.80. The Bertz CT molecular complexity index is 1330. The van der Waals surface area contributed by atoms with Gasteiger partial charge in [0.25, 0.3) is 5.91 Å². The van der Waals surface area contributed by atoms with Crippen molar-refractivity contribution in [2.75, 3.05) is 32.3 Å². The molecule has 12 heteroatoms. The van der Waals surface area contributed by atoms with Crippen LogP contribution < -0.4 is 20.1 Å². The standard InChI is InChI=1S/C23H28N8O3S/c1-13(2)26-20-16-12-25-31(21(16)28-23(27-20)35-5)9-8-24-22(32)18-11-17(29-30-18)15-10-14(33-3)6-7-19(15)34-4/h6-7,10-13H,8-9H2,1-5H3,(H,24,32)(H,29,30)(H,26,27,28). The molecule has 4 rings (SSSR count). The second-order valence-electron chi connectivity index (χ2n) is 7.95. The number of aromatic nitrogens is 6. The number of rotatable bonds is 10. The number of nitrogens with one attached hydrogen (secondary N) is 3. The van der Waals surface area contributed by atoms with Gasteiger partial charge in [0.2, 0.25) is 0 Å². The van der Waals surface area contributed by atoms with Gasteiger partial charge in [0, 0.05) is 18.2 Å². The van der Waals surface area contributed by atoms with Gasteiger partial charge in [-0.1, -0.05) is 11.8 Å². The number of methoxy groups -OCH3 is 2. The molecule has 11 nitrogen and oxygen atoms in total. The van der Waals surface area contributed by atoms with Crippen molar-refractivity contribution in [1.29, 1.82) is 0 Å². The summed E-state index contributed by atoms with van der Waals surface area (Å²) in [7, 11) is 3.17. The number of hydrogen-bond donors (Lipinski definition) is 3. The lowest BCUT2D eigenvalue weighted by Gasteiger charge is -2.11. The van der Waals surface area contributed by atoms with Gasteiger partial charge >= 0.3 is 0 Å². The number of H-pyrrole nitrogens is 1. The number of aromatic amines is 1. The molecule has 0 radical (unpaired) electrons. The van der Waals surface area contributed by atoms with E-state index >= 15 is 0 Å². The number of carbonyl (C=O) groups excluding carboxylic acids is 1. The van der Waals surface area contributed by atoms with Crippen molar-refractivity contribution < 1.29 is 14.3 Å². The van der Waals surface area contributed by atoms with Crippen LogP contribution in [-0.2, 0) is 6.54 Å². The average molecular weight is 497 g/mol. The van der Waals surface area contributed by atoms with Crippen LogP contribution in [0.2, 0.25) is 0 Å². The van der Waals surface area contributed by atoms with Crippen LogP contribution in [0.25, 0.3) is 22.3 Å². The molecule has 0 aliphatic carbocycles. The van der Waals surface area contributed by atoms with Crippen LogP contribution in [0.15, 0.2) is 35.6 Å². The molecule has 1 aromatic carbocycles. The fourth-order valence-electron chi connectivity index (χ4n) is 3.53. The SMILES string of the molecule is COc1ccc(OC)c(-c2cc(C(=O)NCCn3ncc4c(NC(C)C)nc(SC)nc43)[nH]n2)c1. The molecule has 4 aromatic rings. The van der Waals surface area contributed by atoms with Crippen LogP contribution in [0, 0.1) is 0 Å². The number of nitrogens with zero attached hydrogens (tertiary/aromatic N) is 5. The van der Waals surface area contributed by atoms with Crippen molar-refractivity contribution in [3.8, 4) is 22.8 Å². The van der Waals surface area contributed by atoms with Crippen molar-refractivity contribution in [3.63, 3.8) is 0 Å². The molecule has 0 atom stereocenters. The zero-order valence-electron chi connectivity index (χ0n) is 20.2. The van der Waals surface area contributed by atoms with Gasteiger partial charge in [-0.25, -0.2) is 14.6 Å². The Morgan fingerprint density at radius 2 is 2.03 bits per heavy atom. The third kappa shape index (κ3) is 5.32. The highest BCUT2D eigenvalue weighted by molar-refractivity contribution is 7.98. The summed E-state index contributed by atoms with van der Waals surface area (Å²) in [6, 6.07) is 7.31. The first kappa shape index (κ1) is 24.3. The molecule has 3 heterocycles. The normalized spacial score (nSPS) is 11.1. The maximum atomic E-state index is 12.7. The Morgan fingerprint density at radius 3 is 2.74 bits per heavy atom. The van der Waals surface area contributed by atoms with Crippen molar-refractivity contribution in [2.45, 2.75) is 31.6 Å². The number of thioether (sulfide) groups is 1. The third-order valence-electron chi connectivity index (χ3n) is 5.20. The van der Waals surface area contributed by atoms with Crippen LogP contribution in [0.5, 0.6) is 11.5 Å². The minimum absolute atomic E-state index is 0.224. The molecule has 0 saturated heterocycles. The van der Waals surface area contributed by atoms with Gasteiger partial charge < -0.3 is 20.1 Å². The first-order valence-electron chi connectivity index (χ1n) is 11.0. The highest BCUT2D eigenvalue weighted by atomic mass is 32.2. The summed E-state index contributed by atoms with van der Waals surface area (Å²) in [4.78, 5) is 21.9. The molecule has 0 aliphatic heterocycles. The minimum atomic E-state index is -0.274. The van der Waals surface area contributed by atoms with Gasteiger partial charge in [-0.15, -0.1) is 0 Å². The Morgan fingerprint density at radius 1 is 1.20 bits per heavy atom. The summed E-state index contributed by atoms with van der Waals surface area (Å²) in [5.41, 5.74) is 2.36. The van der Waals surface area contributed by atoms with Crippen LogP contribution in [0.1, 0.15) is 24.3 Å². The van der Waals surface area contributed by atoms with E-state index in [1.165, 1.54) is 11.8 Å². The van der Waals surface area contributed by atoms with E-state index in [0.29, 0.717) is 41.1 Å². The lowest BCUT2D eigenvalue weighted by atomic mass is 10.1. The number of carbonyl (C=O) groups is 1. The maximum Gasteiger partial charge on any atom is 0.269 e. The molecular weight excluding hydrogens is 468 g/mol. The summed E-state index contributed by atoms with van der Waals surface area (Å²) >= 11 is 1.47. The summed E-state index contributed by atoms with van der Waals surface area (Å²) in [6.45, 7) is 4.92. The fraction of sp³-hybridized carbons (Fsp3) is 0.348. The Kier molecular flexibility index (Phi) is 7.39. The number of hydrogen-bond acceptors (Lipinski definition) is 9. The van der Waals surface area contributed by atoms with Crippen molar-refractivity contribution in [1.82, 2.24) is 35.3 Å². The second kappa shape index (κ2) is 10.6. The van der Waals surface area contributed by atoms with Crippen molar-refractivity contribution in [3.05, 3.63) is 36.2 Å². The van der Waals surface area contributed by atoms with Gasteiger partial charge in [0.15, 0.2) is 10.8 Å². The molecule has 1 amide bonds. The highest BCUT2D eigenvalue weighted by Gasteiger charge is 2.16. The summed E-state index contributed by atoms with van der Waals surface area (Å²) < 4.78 is 12.5. The van der Waals surface area contributed by atoms with E-state index in [-0.39, 0.29) is 11.9 Å². The molecule has 0 fully saturated rings. The number of benzene rings is 1. The number of amides is 1. The highest BCUT2D eigenvalue weighted by Crippen LogP contribution is 2.32. The van der Waals surface area contributed by atoms with Gasteiger partial charge in [0.05, 0.1) is 38.0 Å². The fourth-order valence-corrected chi connectivity index (χ4v) is 3.89. The minimum Gasteiger partial charge on any atom is -0.497 e. The molecule has 3 N–H and O–H groups in total. The second-order valence-corrected chi connectivity index (χ2v) is 8.73. The molecule has 0 spiro atoms. The van der Waals surface area contributed by atoms with E-state index in [1.54, 1.807) is 43.3 Å². The van der Waals surface area contributed by atoms with E-state index in [2.05, 4.69) is 49.7 Å². The van der Waals surface area contributed by atoms with Crippen molar-refractivity contribution in [2.24, 2.45) is 0 Å². The lowest BCUT2D eigenvalue weighted by molar-refractivity contribution is 0.0947. The first-order chi connectivity index (χ1) is 16.9. The maximum absolute atomic E-state index is 12.7. The van der Waals surface area contributed by atoms with E-state index in [9.17, 15) is 4.79 Å². The Labute approximate surface area is 207 Å². The van der Waals surface area contributed by atoms with E-state index in [1.807, 2.05) is 12.3 Å². The van der Waals surface area contributed by atoms with Crippen LogP contribution >= 0.6 is 11.8 Å². The molecule has 0 unspecified atom stereocenters.